The lowest BCUT2D eigenvalue weighted by molar-refractivity contribution is -0.126. The number of aromatic nitrogens is 1. The second-order valence-electron chi connectivity index (χ2n) is 8.23. The fraction of sp³-hybridized carbons (Fsp3) is 0.450. The molecule has 5 rings (SSSR count). The second kappa shape index (κ2) is 9.04. The van der Waals surface area contributed by atoms with Crippen LogP contribution in [-0.2, 0) is 14.8 Å². The number of carbonyl (C=O) groups excluding carboxylic acids is 2. The van der Waals surface area contributed by atoms with Crippen molar-refractivity contribution in [2.75, 3.05) is 39.1 Å². The number of amides is 3. The van der Waals surface area contributed by atoms with Crippen LogP contribution in [-0.4, -0.2) is 95.8 Å². The van der Waals surface area contributed by atoms with Gasteiger partial charge in [-0.25, -0.2) is 18.2 Å². The third-order valence-electron chi connectivity index (χ3n) is 6.23. The van der Waals surface area contributed by atoms with E-state index in [0.29, 0.717) is 22.5 Å². The van der Waals surface area contributed by atoms with Crippen molar-refractivity contribution >= 4 is 61.3 Å². The lowest BCUT2D eigenvalue weighted by Gasteiger charge is -2.41. The van der Waals surface area contributed by atoms with Gasteiger partial charge in [-0.3, -0.25) is 10.1 Å². The van der Waals surface area contributed by atoms with Crippen molar-refractivity contribution in [3.63, 3.8) is 0 Å². The molecule has 11 nitrogen and oxygen atoms in total. The Morgan fingerprint density at radius 1 is 1.24 bits per heavy atom. The predicted octanol–water partition coefficient (Wildman–Crippen LogP) is 1.04. The zero-order valence-electron chi connectivity index (χ0n) is 18.3. The number of hydrogen-bond acceptors (Lipinski definition) is 7. The molecule has 4 heterocycles. The number of rotatable bonds is 3. The molecule has 0 saturated carbocycles. The number of nitrogens with zero attached hydrogens (tertiary/aromatic N) is 4. The Hall–Kier alpha value is -2.32. The van der Waals surface area contributed by atoms with E-state index in [1.807, 2.05) is 0 Å². The number of aromatic amines is 1. The van der Waals surface area contributed by atoms with Crippen molar-refractivity contribution in [3.8, 4) is 0 Å². The summed E-state index contributed by atoms with van der Waals surface area (Å²) >= 11 is 7.58. The molecule has 182 valence electrons. The molecule has 3 amide bonds. The Morgan fingerprint density at radius 3 is 2.85 bits per heavy atom. The van der Waals surface area contributed by atoms with E-state index >= 15 is 0 Å². The van der Waals surface area contributed by atoms with Crippen LogP contribution >= 0.6 is 23.4 Å². The molecule has 3 aliphatic heterocycles. The van der Waals surface area contributed by atoms with E-state index in [2.05, 4.69) is 20.7 Å². The van der Waals surface area contributed by atoms with Crippen molar-refractivity contribution in [1.29, 1.82) is 0 Å². The number of thioether (sulfide) groups is 1. The summed E-state index contributed by atoms with van der Waals surface area (Å²) in [7, 11) is -2.47. The number of likely N-dealkylation sites (N-methyl/N-ethyl adjacent to an activating group) is 1. The number of H-pyrrole nitrogens is 1. The Morgan fingerprint density at radius 2 is 2.06 bits per heavy atom. The quantitative estimate of drug-likeness (QED) is 0.549. The van der Waals surface area contributed by atoms with Gasteiger partial charge in [-0.15, -0.1) is 0 Å². The predicted molar refractivity (Wildman–Crippen MR) is 130 cm³/mol. The number of nitrogens with one attached hydrogen (secondary N) is 3. The van der Waals surface area contributed by atoms with E-state index in [4.69, 9.17) is 11.6 Å². The molecule has 2 saturated heterocycles. The third kappa shape index (κ3) is 4.15. The van der Waals surface area contributed by atoms with Gasteiger partial charge in [0.1, 0.15) is 16.1 Å². The minimum absolute atomic E-state index is 0.0134. The summed E-state index contributed by atoms with van der Waals surface area (Å²) < 4.78 is 28.0. The lowest BCUT2D eigenvalue weighted by Crippen LogP contribution is -2.63. The first-order valence-corrected chi connectivity index (χ1v) is 13.6. The summed E-state index contributed by atoms with van der Waals surface area (Å²) in [5.74, 6) is 0.319. The molecule has 2 unspecified atom stereocenters. The van der Waals surface area contributed by atoms with Crippen LogP contribution in [0.15, 0.2) is 34.4 Å². The van der Waals surface area contributed by atoms with Gasteiger partial charge in [-0.05, 0) is 30.7 Å². The molecule has 2 aromatic rings. The van der Waals surface area contributed by atoms with Gasteiger partial charge in [0.25, 0.3) is 10.0 Å². The average Bonchev–Trinajstić information content (AvgIpc) is 3.49. The summed E-state index contributed by atoms with van der Waals surface area (Å²) in [5, 5.41) is 13.8. The molecule has 0 radical (unpaired) electrons. The minimum Gasteiger partial charge on any atom is -0.357 e. The monoisotopic (exact) mass is 525 g/mol. The van der Waals surface area contributed by atoms with Gasteiger partial charge in [0.05, 0.1) is 6.04 Å². The first kappa shape index (κ1) is 23.4. The van der Waals surface area contributed by atoms with Crippen LogP contribution in [0, 0.1) is 0 Å². The zero-order valence-corrected chi connectivity index (χ0v) is 20.7. The van der Waals surface area contributed by atoms with E-state index in [1.54, 1.807) is 30.0 Å². The highest BCUT2D eigenvalue weighted by Gasteiger charge is 2.42. The van der Waals surface area contributed by atoms with E-state index < -0.39 is 28.0 Å². The van der Waals surface area contributed by atoms with Crippen molar-refractivity contribution in [3.05, 3.63) is 29.3 Å². The van der Waals surface area contributed by atoms with Crippen molar-refractivity contribution in [2.24, 2.45) is 5.10 Å². The highest BCUT2D eigenvalue weighted by atomic mass is 35.5. The molecule has 0 aliphatic carbocycles. The number of fused-ring (bicyclic) bond motifs is 2. The molecule has 0 spiro atoms. The number of halogens is 1. The van der Waals surface area contributed by atoms with Crippen LogP contribution in [0.4, 0.5) is 4.79 Å². The topological polar surface area (TPSA) is 130 Å². The fourth-order valence-corrected chi connectivity index (χ4v) is 7.01. The maximum atomic E-state index is 13.4. The number of sulfonamides is 1. The summed E-state index contributed by atoms with van der Waals surface area (Å²) in [6.45, 7) is 0.393. The molecule has 34 heavy (non-hydrogen) atoms. The standard InChI is InChI=1S/C20H24ClN7O4S2/c1-22-18(29)16-10-26(34(31,32)17-9-12-8-13(21)2-3-14(12)24-17)6-7-27(16)20(30)28-5-4-15-19(25-28)33-11-23-15/h2-3,8-9,15-16,23-24H,4-7,10-11H2,1H3,(H,22,29). The van der Waals surface area contributed by atoms with Gasteiger partial charge in [0.15, 0.2) is 0 Å². The molecule has 0 bridgehead atoms. The maximum Gasteiger partial charge on any atom is 0.341 e. The molecule has 1 aromatic carbocycles. The highest BCUT2D eigenvalue weighted by molar-refractivity contribution is 8.14. The maximum absolute atomic E-state index is 13.4. The van der Waals surface area contributed by atoms with Gasteiger partial charge in [-0.2, -0.15) is 9.41 Å². The van der Waals surface area contributed by atoms with Gasteiger partial charge in [0, 0.05) is 55.0 Å². The third-order valence-corrected chi connectivity index (χ3v) is 9.23. The molecular weight excluding hydrogens is 502 g/mol. The second-order valence-corrected chi connectivity index (χ2v) is 11.6. The summed E-state index contributed by atoms with van der Waals surface area (Å²) in [5.41, 5.74) is 0.640. The normalized spacial score (nSPS) is 23.6. The number of hydrazone groups is 1. The molecule has 2 atom stereocenters. The Kier molecular flexibility index (Phi) is 6.23. The van der Waals surface area contributed by atoms with E-state index in [-0.39, 0.29) is 30.7 Å². The molecular formula is C20H24ClN7O4S2. The van der Waals surface area contributed by atoms with Crippen LogP contribution in [0.1, 0.15) is 6.42 Å². The first-order chi connectivity index (χ1) is 16.3. The van der Waals surface area contributed by atoms with Crippen LogP contribution in [0.2, 0.25) is 5.02 Å². The minimum atomic E-state index is -3.93. The van der Waals surface area contributed by atoms with Gasteiger partial charge in [0.2, 0.25) is 5.91 Å². The summed E-state index contributed by atoms with van der Waals surface area (Å²) in [6.07, 6.45) is 0.737. The van der Waals surface area contributed by atoms with E-state index in [1.165, 1.54) is 27.3 Å². The van der Waals surface area contributed by atoms with Crippen LogP contribution in [0.3, 0.4) is 0 Å². The lowest BCUT2D eigenvalue weighted by atomic mass is 10.1. The number of benzene rings is 1. The van der Waals surface area contributed by atoms with Crippen LogP contribution in [0.25, 0.3) is 10.9 Å². The Labute approximate surface area is 205 Å². The summed E-state index contributed by atoms with van der Waals surface area (Å²) in [6, 6.07) is 5.38. The Bertz CT molecular complexity index is 1280. The zero-order chi connectivity index (χ0) is 24.0. The Balaban J connectivity index is 1.38. The highest BCUT2D eigenvalue weighted by Crippen LogP contribution is 2.27. The smallest absolute Gasteiger partial charge is 0.341 e. The molecule has 1 aromatic heterocycles. The number of hydrogen-bond donors (Lipinski definition) is 3. The largest absolute Gasteiger partial charge is 0.357 e. The molecule has 3 aliphatic rings. The van der Waals surface area contributed by atoms with Gasteiger partial charge < -0.3 is 15.2 Å². The van der Waals surface area contributed by atoms with Crippen molar-refractivity contribution in [2.45, 2.75) is 23.5 Å². The average molecular weight is 526 g/mol. The van der Waals surface area contributed by atoms with Gasteiger partial charge >= 0.3 is 6.03 Å². The fourth-order valence-electron chi connectivity index (χ4n) is 4.39. The number of piperazine rings is 1. The SMILES string of the molecule is CNC(=O)C1CN(S(=O)(=O)c2cc3cc(Cl)ccc3[nH]2)CCN1C(=O)N1CCC2NCSC2=N1. The number of urea groups is 1. The van der Waals surface area contributed by atoms with Gasteiger partial charge in [-0.1, -0.05) is 23.4 Å². The van der Waals surface area contributed by atoms with Crippen molar-refractivity contribution in [1.82, 2.24) is 29.8 Å². The molecule has 14 heteroatoms. The molecule has 3 N–H and O–H groups in total. The van der Waals surface area contributed by atoms with E-state index in [9.17, 15) is 18.0 Å². The molecule has 2 fully saturated rings. The van der Waals surface area contributed by atoms with E-state index in [0.717, 1.165) is 17.3 Å². The number of carbonyl (C=O) groups is 2. The van der Waals surface area contributed by atoms with Crippen LogP contribution in [0.5, 0.6) is 0 Å². The first-order valence-electron chi connectivity index (χ1n) is 10.8. The summed E-state index contributed by atoms with van der Waals surface area (Å²) in [4.78, 5) is 30.3. The van der Waals surface area contributed by atoms with Crippen molar-refractivity contribution < 1.29 is 18.0 Å². The van der Waals surface area contributed by atoms with Crippen LogP contribution < -0.4 is 10.6 Å².